The summed E-state index contributed by atoms with van der Waals surface area (Å²) in [6.07, 6.45) is 0. The highest BCUT2D eigenvalue weighted by molar-refractivity contribution is 6.05. The standard InChI is InChI=1S/C24H22N2O3/c1-4-28-18-11-9-17(10-12-18)23(27)25-20-7-5-6-19(16(20)3)24-26-21-14-15(2)8-13-22(21)29-24/h5-14H,4H2,1-3H3,(H,25,27). The van der Waals surface area contributed by atoms with Gasteiger partial charge in [0, 0.05) is 16.8 Å². The van der Waals surface area contributed by atoms with Crippen molar-refractivity contribution < 1.29 is 13.9 Å². The van der Waals surface area contributed by atoms with Gasteiger partial charge in [0.05, 0.1) is 6.61 Å². The van der Waals surface area contributed by atoms with E-state index in [1.807, 2.05) is 57.2 Å². The fourth-order valence-electron chi connectivity index (χ4n) is 3.22. The quantitative estimate of drug-likeness (QED) is 0.473. The minimum Gasteiger partial charge on any atom is -0.494 e. The van der Waals surface area contributed by atoms with E-state index in [0.29, 0.717) is 18.1 Å². The number of hydrogen-bond donors (Lipinski definition) is 1. The molecule has 0 aliphatic rings. The van der Waals surface area contributed by atoms with Gasteiger partial charge in [-0.2, -0.15) is 0 Å². The second-order valence-electron chi connectivity index (χ2n) is 6.88. The summed E-state index contributed by atoms with van der Waals surface area (Å²) in [6.45, 7) is 6.49. The number of rotatable bonds is 5. The van der Waals surface area contributed by atoms with E-state index in [9.17, 15) is 4.79 Å². The van der Waals surface area contributed by atoms with Gasteiger partial charge in [0.15, 0.2) is 5.58 Å². The van der Waals surface area contributed by atoms with Crippen LogP contribution in [0.3, 0.4) is 0 Å². The number of nitrogens with zero attached hydrogens (tertiary/aromatic N) is 1. The van der Waals surface area contributed by atoms with Gasteiger partial charge in [-0.3, -0.25) is 4.79 Å². The van der Waals surface area contributed by atoms with E-state index in [1.54, 1.807) is 24.3 Å². The molecule has 0 aliphatic carbocycles. The molecule has 1 amide bonds. The zero-order valence-corrected chi connectivity index (χ0v) is 16.7. The lowest BCUT2D eigenvalue weighted by Gasteiger charge is -2.11. The van der Waals surface area contributed by atoms with Crippen molar-refractivity contribution >= 4 is 22.7 Å². The first-order chi connectivity index (χ1) is 14.0. The maximum Gasteiger partial charge on any atom is 0.255 e. The van der Waals surface area contributed by atoms with E-state index >= 15 is 0 Å². The van der Waals surface area contributed by atoms with Crippen molar-refractivity contribution in [2.24, 2.45) is 0 Å². The van der Waals surface area contributed by atoms with Gasteiger partial charge in [-0.1, -0.05) is 12.1 Å². The van der Waals surface area contributed by atoms with Crippen LogP contribution in [0.4, 0.5) is 5.69 Å². The summed E-state index contributed by atoms with van der Waals surface area (Å²) in [7, 11) is 0. The molecule has 0 fully saturated rings. The van der Waals surface area contributed by atoms with Crippen LogP contribution < -0.4 is 10.1 Å². The van der Waals surface area contributed by atoms with Crippen molar-refractivity contribution in [1.29, 1.82) is 0 Å². The molecule has 0 saturated carbocycles. The number of carbonyl (C=O) groups excluding carboxylic acids is 1. The molecule has 4 rings (SSSR count). The molecule has 1 N–H and O–H groups in total. The molecular weight excluding hydrogens is 364 g/mol. The number of oxazole rings is 1. The van der Waals surface area contributed by atoms with Gasteiger partial charge in [0.2, 0.25) is 5.89 Å². The summed E-state index contributed by atoms with van der Waals surface area (Å²) in [6, 6.07) is 18.7. The molecule has 5 nitrogen and oxygen atoms in total. The smallest absolute Gasteiger partial charge is 0.255 e. The molecule has 0 saturated heterocycles. The fourth-order valence-corrected chi connectivity index (χ4v) is 3.22. The maximum atomic E-state index is 12.7. The molecule has 3 aromatic carbocycles. The number of amides is 1. The van der Waals surface area contributed by atoms with Crippen molar-refractivity contribution in [2.75, 3.05) is 11.9 Å². The van der Waals surface area contributed by atoms with Gasteiger partial charge in [-0.15, -0.1) is 0 Å². The molecule has 0 radical (unpaired) electrons. The summed E-state index contributed by atoms with van der Waals surface area (Å²) in [4.78, 5) is 17.3. The molecule has 0 spiro atoms. The SMILES string of the molecule is CCOc1ccc(C(=O)Nc2cccc(-c3nc4cc(C)ccc4o3)c2C)cc1. The Labute approximate surface area is 169 Å². The summed E-state index contributed by atoms with van der Waals surface area (Å²) in [5, 5.41) is 2.98. The number of ether oxygens (including phenoxy) is 1. The van der Waals surface area contributed by atoms with Gasteiger partial charge in [0.1, 0.15) is 11.3 Å². The largest absolute Gasteiger partial charge is 0.494 e. The van der Waals surface area contributed by atoms with Crippen molar-refractivity contribution in [3.05, 3.63) is 77.4 Å². The van der Waals surface area contributed by atoms with E-state index in [2.05, 4.69) is 10.3 Å². The van der Waals surface area contributed by atoms with Gasteiger partial charge in [-0.25, -0.2) is 4.98 Å². The number of hydrogen-bond acceptors (Lipinski definition) is 4. The van der Waals surface area contributed by atoms with Gasteiger partial charge < -0.3 is 14.5 Å². The van der Waals surface area contributed by atoms with Crippen molar-refractivity contribution in [3.63, 3.8) is 0 Å². The van der Waals surface area contributed by atoms with Crippen LogP contribution in [0.5, 0.6) is 5.75 Å². The minimum absolute atomic E-state index is 0.179. The first-order valence-corrected chi connectivity index (χ1v) is 9.56. The van der Waals surface area contributed by atoms with E-state index in [1.165, 1.54) is 0 Å². The average molecular weight is 386 g/mol. The maximum absolute atomic E-state index is 12.7. The number of anilines is 1. The lowest BCUT2D eigenvalue weighted by Crippen LogP contribution is -2.13. The van der Waals surface area contributed by atoms with Crippen LogP contribution in [0.25, 0.3) is 22.6 Å². The highest BCUT2D eigenvalue weighted by Gasteiger charge is 2.15. The normalized spacial score (nSPS) is 10.9. The highest BCUT2D eigenvalue weighted by atomic mass is 16.5. The Kier molecular flexibility index (Phi) is 5.04. The van der Waals surface area contributed by atoms with Crippen LogP contribution >= 0.6 is 0 Å². The topological polar surface area (TPSA) is 64.4 Å². The Morgan fingerprint density at radius 1 is 1.07 bits per heavy atom. The third-order valence-corrected chi connectivity index (χ3v) is 4.78. The van der Waals surface area contributed by atoms with Crippen molar-refractivity contribution in [3.8, 4) is 17.2 Å². The summed E-state index contributed by atoms with van der Waals surface area (Å²) in [5.41, 5.74) is 5.73. The van der Waals surface area contributed by atoms with E-state index in [4.69, 9.17) is 9.15 Å². The molecule has 1 aromatic heterocycles. The second-order valence-corrected chi connectivity index (χ2v) is 6.88. The first-order valence-electron chi connectivity index (χ1n) is 9.56. The van der Waals surface area contributed by atoms with E-state index < -0.39 is 0 Å². The van der Waals surface area contributed by atoms with E-state index in [-0.39, 0.29) is 5.91 Å². The Hall–Kier alpha value is -3.60. The molecule has 0 bridgehead atoms. The second kappa shape index (κ2) is 7.80. The number of fused-ring (bicyclic) bond motifs is 1. The third-order valence-electron chi connectivity index (χ3n) is 4.78. The van der Waals surface area contributed by atoms with Gasteiger partial charge in [0.25, 0.3) is 5.91 Å². The molecule has 0 aliphatic heterocycles. The van der Waals surface area contributed by atoms with Crippen LogP contribution in [-0.2, 0) is 0 Å². The highest BCUT2D eigenvalue weighted by Crippen LogP contribution is 2.31. The third kappa shape index (κ3) is 3.85. The number of aromatic nitrogens is 1. The first kappa shape index (κ1) is 18.7. The number of benzene rings is 3. The summed E-state index contributed by atoms with van der Waals surface area (Å²) >= 11 is 0. The molecule has 1 heterocycles. The lowest BCUT2D eigenvalue weighted by molar-refractivity contribution is 0.102. The lowest BCUT2D eigenvalue weighted by atomic mass is 10.1. The fraction of sp³-hybridized carbons (Fsp3) is 0.167. The van der Waals surface area contributed by atoms with Crippen LogP contribution in [0.2, 0.25) is 0 Å². The van der Waals surface area contributed by atoms with Crippen LogP contribution in [-0.4, -0.2) is 17.5 Å². The predicted molar refractivity (Wildman–Crippen MR) is 114 cm³/mol. The van der Waals surface area contributed by atoms with Crippen LogP contribution in [0, 0.1) is 13.8 Å². The zero-order chi connectivity index (χ0) is 20.4. The van der Waals surface area contributed by atoms with Crippen molar-refractivity contribution in [2.45, 2.75) is 20.8 Å². The predicted octanol–water partition coefficient (Wildman–Crippen LogP) is 5.76. The van der Waals surface area contributed by atoms with Crippen LogP contribution in [0.1, 0.15) is 28.4 Å². The molecule has 146 valence electrons. The number of nitrogens with one attached hydrogen (secondary N) is 1. The summed E-state index contributed by atoms with van der Waals surface area (Å²) in [5.74, 6) is 1.11. The van der Waals surface area contributed by atoms with Crippen molar-refractivity contribution in [1.82, 2.24) is 4.98 Å². The minimum atomic E-state index is -0.179. The number of carbonyl (C=O) groups is 1. The molecule has 4 aromatic rings. The molecular formula is C24H22N2O3. The van der Waals surface area contributed by atoms with Crippen LogP contribution in [0.15, 0.2) is 65.1 Å². The Balaban J connectivity index is 1.61. The summed E-state index contributed by atoms with van der Waals surface area (Å²) < 4.78 is 11.4. The zero-order valence-electron chi connectivity index (χ0n) is 16.7. The monoisotopic (exact) mass is 386 g/mol. The molecule has 5 heteroatoms. The Morgan fingerprint density at radius 2 is 1.86 bits per heavy atom. The Bertz CT molecular complexity index is 1180. The van der Waals surface area contributed by atoms with Gasteiger partial charge in [-0.05, 0) is 80.4 Å². The Morgan fingerprint density at radius 3 is 2.62 bits per heavy atom. The molecule has 29 heavy (non-hydrogen) atoms. The molecule has 0 unspecified atom stereocenters. The number of aryl methyl sites for hydroxylation is 1. The average Bonchev–Trinajstić information content (AvgIpc) is 3.13. The van der Waals surface area contributed by atoms with Gasteiger partial charge >= 0.3 is 0 Å². The molecule has 0 atom stereocenters. The van der Waals surface area contributed by atoms with E-state index in [0.717, 1.165) is 39.2 Å².